The topological polar surface area (TPSA) is 70.3 Å². The summed E-state index contributed by atoms with van der Waals surface area (Å²) < 4.78 is 42.1. The molecule has 0 heterocycles. The van der Waals surface area contributed by atoms with E-state index >= 15 is 0 Å². The molecule has 1 aromatic rings. The second-order valence-electron chi connectivity index (χ2n) is 3.61. The summed E-state index contributed by atoms with van der Waals surface area (Å²) >= 11 is 0. The number of aromatic hydroxyl groups is 1. The summed E-state index contributed by atoms with van der Waals surface area (Å²) in [5.74, 6) is -1.48. The first-order chi connectivity index (χ1) is 8.79. The molecule has 0 radical (unpaired) electrons. The molecule has 0 aliphatic rings. The number of benzene rings is 1. The van der Waals surface area contributed by atoms with Gasteiger partial charge in [0.1, 0.15) is 5.75 Å². The first-order valence-corrected chi connectivity index (χ1v) is 5.28. The van der Waals surface area contributed by atoms with Crippen molar-refractivity contribution in [2.24, 2.45) is 0 Å². The number of carbonyl (C=O) groups excluding carboxylic acids is 1. The van der Waals surface area contributed by atoms with E-state index in [-0.39, 0.29) is 12.2 Å². The maximum Gasteiger partial charge on any atom is 0.416 e. The first-order valence-electron chi connectivity index (χ1n) is 5.28. The maximum absolute atomic E-state index is 12.5. The number of phenolic OH excluding ortho intramolecular Hbond substituents is 1. The van der Waals surface area contributed by atoms with Crippen LogP contribution >= 0.6 is 0 Å². The third-order valence-corrected chi connectivity index (χ3v) is 2.30. The Morgan fingerprint density at radius 1 is 1.47 bits per heavy atom. The molecule has 0 atom stereocenters. The van der Waals surface area contributed by atoms with E-state index in [2.05, 4.69) is 4.74 Å². The van der Waals surface area contributed by atoms with Gasteiger partial charge >= 0.3 is 12.1 Å². The number of rotatable bonds is 3. The summed E-state index contributed by atoms with van der Waals surface area (Å²) in [6.07, 6.45) is -5.13. The van der Waals surface area contributed by atoms with Gasteiger partial charge in [0.05, 0.1) is 30.2 Å². The van der Waals surface area contributed by atoms with Crippen molar-refractivity contribution in [3.63, 3.8) is 0 Å². The predicted octanol–water partition coefficient (Wildman–Crippen LogP) is 2.39. The van der Waals surface area contributed by atoms with Crippen LogP contribution < -0.4 is 0 Å². The Hall–Kier alpha value is -2.23. The summed E-state index contributed by atoms with van der Waals surface area (Å²) in [5, 5.41) is 18.3. The molecule has 0 aliphatic heterocycles. The van der Waals surface area contributed by atoms with Crippen LogP contribution in [0, 0.1) is 11.3 Å². The molecular weight excluding hydrogens is 263 g/mol. The minimum absolute atomic E-state index is 0.0993. The summed E-state index contributed by atoms with van der Waals surface area (Å²) in [7, 11) is 0. The average molecular weight is 273 g/mol. The molecule has 0 saturated heterocycles. The van der Waals surface area contributed by atoms with Gasteiger partial charge in [-0.15, -0.1) is 0 Å². The van der Waals surface area contributed by atoms with Crippen LogP contribution in [0.2, 0.25) is 0 Å². The Labute approximate surface area is 107 Å². The van der Waals surface area contributed by atoms with Crippen LogP contribution in [0.15, 0.2) is 12.1 Å². The van der Waals surface area contributed by atoms with E-state index in [1.54, 1.807) is 6.92 Å². The van der Waals surface area contributed by atoms with Gasteiger partial charge in [0.15, 0.2) is 0 Å². The van der Waals surface area contributed by atoms with E-state index < -0.39 is 35.4 Å². The monoisotopic (exact) mass is 273 g/mol. The van der Waals surface area contributed by atoms with Crippen molar-refractivity contribution in [2.75, 3.05) is 6.61 Å². The number of nitrogens with zero attached hydrogens (tertiary/aromatic N) is 1. The van der Waals surface area contributed by atoms with E-state index in [1.807, 2.05) is 0 Å². The second-order valence-corrected chi connectivity index (χ2v) is 3.61. The Morgan fingerprint density at radius 2 is 2.11 bits per heavy atom. The van der Waals surface area contributed by atoms with E-state index in [4.69, 9.17) is 5.26 Å². The molecule has 0 bridgehead atoms. The highest BCUT2D eigenvalue weighted by molar-refractivity contribution is 5.75. The van der Waals surface area contributed by atoms with Crippen molar-refractivity contribution in [2.45, 2.75) is 19.5 Å². The number of phenols is 1. The zero-order chi connectivity index (χ0) is 14.6. The molecule has 0 fully saturated rings. The minimum atomic E-state index is -4.68. The van der Waals surface area contributed by atoms with E-state index in [1.165, 1.54) is 6.07 Å². The zero-order valence-electron chi connectivity index (χ0n) is 9.91. The third-order valence-electron chi connectivity index (χ3n) is 2.30. The van der Waals surface area contributed by atoms with Gasteiger partial charge in [-0.05, 0) is 19.1 Å². The third kappa shape index (κ3) is 3.61. The average Bonchev–Trinajstić information content (AvgIpc) is 2.30. The normalized spacial score (nSPS) is 10.9. The second kappa shape index (κ2) is 5.61. The SMILES string of the molecule is CCOC(=O)Cc1c(O)cc(C(F)(F)F)cc1C#N. The summed E-state index contributed by atoms with van der Waals surface area (Å²) in [5.41, 5.74) is -1.72. The van der Waals surface area contributed by atoms with Gasteiger partial charge in [0, 0.05) is 5.56 Å². The largest absolute Gasteiger partial charge is 0.508 e. The molecule has 1 aromatic carbocycles. The lowest BCUT2D eigenvalue weighted by Crippen LogP contribution is -2.11. The first kappa shape index (κ1) is 14.8. The predicted molar refractivity (Wildman–Crippen MR) is 58.2 cm³/mol. The van der Waals surface area contributed by atoms with Crippen LogP contribution in [0.1, 0.15) is 23.6 Å². The number of alkyl halides is 3. The number of nitriles is 1. The summed E-state index contributed by atoms with van der Waals surface area (Å²) in [4.78, 5) is 11.2. The number of halogens is 3. The maximum atomic E-state index is 12.5. The zero-order valence-corrected chi connectivity index (χ0v) is 9.91. The highest BCUT2D eigenvalue weighted by atomic mass is 19.4. The molecule has 0 aromatic heterocycles. The molecule has 0 saturated carbocycles. The Balaban J connectivity index is 3.20. The van der Waals surface area contributed by atoms with Crippen LogP contribution in [0.3, 0.4) is 0 Å². The van der Waals surface area contributed by atoms with E-state index in [9.17, 15) is 23.1 Å². The summed E-state index contributed by atoms with van der Waals surface area (Å²) in [6.45, 7) is 1.66. The molecule has 0 aliphatic carbocycles. The standard InChI is InChI=1S/C12H10F3NO3/c1-2-19-11(18)5-9-7(6-16)3-8(4-10(9)17)12(13,14)15/h3-4,17H,2,5H2,1H3. The highest BCUT2D eigenvalue weighted by Crippen LogP contribution is 2.34. The van der Waals surface area contributed by atoms with Crippen LogP contribution in [-0.2, 0) is 22.1 Å². The van der Waals surface area contributed by atoms with Gasteiger partial charge in [-0.3, -0.25) is 4.79 Å². The van der Waals surface area contributed by atoms with Gasteiger partial charge in [0.2, 0.25) is 0 Å². The van der Waals surface area contributed by atoms with E-state index in [0.29, 0.717) is 12.1 Å². The van der Waals surface area contributed by atoms with Crippen molar-refractivity contribution >= 4 is 5.97 Å². The number of hydrogen-bond acceptors (Lipinski definition) is 4. The van der Waals surface area contributed by atoms with Crippen molar-refractivity contribution in [1.82, 2.24) is 0 Å². The molecule has 0 unspecified atom stereocenters. The van der Waals surface area contributed by atoms with E-state index in [0.717, 1.165) is 0 Å². The summed E-state index contributed by atoms with van der Waals surface area (Å²) in [6, 6.07) is 2.60. The molecular formula is C12H10F3NO3. The number of ether oxygens (including phenoxy) is 1. The molecule has 102 valence electrons. The Morgan fingerprint density at radius 3 is 2.58 bits per heavy atom. The quantitative estimate of drug-likeness (QED) is 0.858. The molecule has 7 heteroatoms. The van der Waals surface area contributed by atoms with Gasteiger partial charge in [0.25, 0.3) is 0 Å². The van der Waals surface area contributed by atoms with Crippen LogP contribution in [0.5, 0.6) is 5.75 Å². The van der Waals surface area contributed by atoms with Crippen molar-refractivity contribution < 1.29 is 27.8 Å². The van der Waals surface area contributed by atoms with Gasteiger partial charge in [-0.25, -0.2) is 0 Å². The fraction of sp³-hybridized carbons (Fsp3) is 0.333. The number of esters is 1. The molecule has 4 nitrogen and oxygen atoms in total. The Kier molecular flexibility index (Phi) is 4.38. The lowest BCUT2D eigenvalue weighted by molar-refractivity contribution is -0.142. The molecule has 0 spiro atoms. The Bertz CT molecular complexity index is 532. The molecule has 1 N–H and O–H groups in total. The lowest BCUT2D eigenvalue weighted by atomic mass is 10.0. The molecule has 0 amide bonds. The lowest BCUT2D eigenvalue weighted by Gasteiger charge is -2.11. The van der Waals surface area contributed by atoms with Crippen molar-refractivity contribution in [3.8, 4) is 11.8 Å². The number of carbonyl (C=O) groups is 1. The smallest absolute Gasteiger partial charge is 0.416 e. The number of hydrogen-bond donors (Lipinski definition) is 1. The van der Waals surface area contributed by atoms with Crippen molar-refractivity contribution in [3.05, 3.63) is 28.8 Å². The van der Waals surface area contributed by atoms with Crippen LogP contribution in [-0.4, -0.2) is 17.7 Å². The van der Waals surface area contributed by atoms with Gasteiger partial charge in [-0.2, -0.15) is 18.4 Å². The fourth-order valence-corrected chi connectivity index (χ4v) is 1.46. The van der Waals surface area contributed by atoms with Gasteiger partial charge < -0.3 is 9.84 Å². The highest BCUT2D eigenvalue weighted by Gasteiger charge is 2.32. The van der Waals surface area contributed by atoms with Gasteiger partial charge in [-0.1, -0.05) is 0 Å². The van der Waals surface area contributed by atoms with Crippen LogP contribution in [0.4, 0.5) is 13.2 Å². The van der Waals surface area contributed by atoms with Crippen LogP contribution in [0.25, 0.3) is 0 Å². The fourth-order valence-electron chi connectivity index (χ4n) is 1.46. The van der Waals surface area contributed by atoms with Crippen molar-refractivity contribution in [1.29, 1.82) is 5.26 Å². The molecule has 1 rings (SSSR count). The minimum Gasteiger partial charge on any atom is -0.508 e. The molecule has 19 heavy (non-hydrogen) atoms.